The maximum absolute atomic E-state index is 14.7. The number of carboxylic acids is 1. The number of halogens is 1. The van der Waals surface area contributed by atoms with Crippen molar-refractivity contribution in [2.24, 2.45) is 0 Å². The van der Waals surface area contributed by atoms with Crippen LogP contribution in [0.1, 0.15) is 31.9 Å². The Morgan fingerprint density at radius 2 is 1.89 bits per heavy atom. The molecule has 0 radical (unpaired) electrons. The van der Waals surface area contributed by atoms with E-state index < -0.39 is 33.5 Å². The first-order valence-electron chi connectivity index (χ1n) is 10.8. The van der Waals surface area contributed by atoms with Crippen LogP contribution < -0.4 is 0 Å². The lowest BCUT2D eigenvalue weighted by Crippen LogP contribution is -2.33. The van der Waals surface area contributed by atoms with Crippen molar-refractivity contribution in [3.05, 3.63) is 78.0 Å². The molecule has 0 atom stereocenters. The van der Waals surface area contributed by atoms with Gasteiger partial charge in [-0.1, -0.05) is 12.1 Å². The van der Waals surface area contributed by atoms with Crippen molar-refractivity contribution in [1.82, 2.24) is 13.9 Å². The van der Waals surface area contributed by atoms with E-state index in [0.29, 0.717) is 5.56 Å². The topological polar surface area (TPSA) is 119 Å². The summed E-state index contributed by atoms with van der Waals surface area (Å²) in [6, 6.07) is 8.47. The molecule has 0 saturated heterocycles. The van der Waals surface area contributed by atoms with Gasteiger partial charge < -0.3 is 14.7 Å². The molecular weight excluding hydrogens is 489 g/mol. The van der Waals surface area contributed by atoms with Gasteiger partial charge in [-0.2, -0.15) is 0 Å². The fraction of sp³-hybridized carbons (Fsp3) is 0.240. The molecule has 0 aliphatic carbocycles. The van der Waals surface area contributed by atoms with Gasteiger partial charge in [-0.15, -0.1) is 0 Å². The van der Waals surface area contributed by atoms with Crippen LogP contribution in [0.25, 0.3) is 17.3 Å². The molecule has 0 fully saturated rings. The highest BCUT2D eigenvalue weighted by Gasteiger charge is 2.25. The summed E-state index contributed by atoms with van der Waals surface area (Å²) in [6.07, 6.45) is 5.20. The maximum Gasteiger partial charge on any atom is 0.410 e. The first-order valence-corrected chi connectivity index (χ1v) is 12.2. The normalized spacial score (nSPS) is 12.0. The number of carboxylic acid groups (broad SMARTS) is 1. The molecule has 190 valence electrons. The molecule has 0 unspecified atom stereocenters. The highest BCUT2D eigenvalue weighted by molar-refractivity contribution is 7.90. The third-order valence-corrected chi connectivity index (χ3v) is 6.47. The van der Waals surface area contributed by atoms with E-state index in [-0.39, 0.29) is 28.3 Å². The quantitative estimate of drug-likeness (QED) is 0.464. The van der Waals surface area contributed by atoms with Crippen LogP contribution in [0, 0.1) is 5.82 Å². The van der Waals surface area contributed by atoms with Crippen LogP contribution in [0.5, 0.6) is 0 Å². The molecule has 0 bridgehead atoms. The Morgan fingerprint density at radius 3 is 2.53 bits per heavy atom. The van der Waals surface area contributed by atoms with Gasteiger partial charge in [0, 0.05) is 37.3 Å². The van der Waals surface area contributed by atoms with Crippen molar-refractivity contribution in [3.8, 4) is 11.3 Å². The summed E-state index contributed by atoms with van der Waals surface area (Å²) in [5.41, 5.74) is 0.0452. The van der Waals surface area contributed by atoms with Gasteiger partial charge in [0.2, 0.25) is 0 Å². The Kier molecular flexibility index (Phi) is 7.63. The lowest BCUT2D eigenvalue weighted by Gasteiger charge is -2.24. The molecule has 3 aromatic rings. The summed E-state index contributed by atoms with van der Waals surface area (Å²) in [7, 11) is -2.78. The largest absolute Gasteiger partial charge is 0.478 e. The third kappa shape index (κ3) is 6.36. The van der Waals surface area contributed by atoms with E-state index in [1.807, 2.05) is 0 Å². The minimum atomic E-state index is -4.29. The number of nitrogens with zero attached hydrogens (tertiary/aromatic N) is 3. The molecule has 2 heterocycles. The van der Waals surface area contributed by atoms with Gasteiger partial charge in [-0.05, 0) is 62.2 Å². The summed E-state index contributed by atoms with van der Waals surface area (Å²) in [6.45, 7) is 5.18. The molecule has 3 rings (SSSR count). The molecule has 36 heavy (non-hydrogen) atoms. The van der Waals surface area contributed by atoms with Crippen molar-refractivity contribution in [3.63, 3.8) is 0 Å². The van der Waals surface area contributed by atoms with E-state index in [1.165, 1.54) is 60.7 Å². The second-order valence-electron chi connectivity index (χ2n) is 8.98. The number of amides is 1. The number of aromatic nitrogens is 2. The summed E-state index contributed by atoms with van der Waals surface area (Å²) in [5, 5.41) is 8.84. The van der Waals surface area contributed by atoms with Crippen LogP contribution in [-0.2, 0) is 26.1 Å². The van der Waals surface area contributed by atoms with Gasteiger partial charge in [0.1, 0.15) is 16.3 Å². The highest BCUT2D eigenvalue weighted by atomic mass is 32.2. The van der Waals surface area contributed by atoms with Gasteiger partial charge in [0.15, 0.2) is 0 Å². The van der Waals surface area contributed by atoms with Crippen LogP contribution in [0.2, 0.25) is 0 Å². The second-order valence-corrected chi connectivity index (χ2v) is 10.8. The number of rotatable bonds is 7. The smallest absolute Gasteiger partial charge is 0.410 e. The number of benzene rings is 1. The van der Waals surface area contributed by atoms with Crippen molar-refractivity contribution in [2.75, 3.05) is 7.05 Å². The molecule has 1 amide bonds. The fourth-order valence-electron chi connectivity index (χ4n) is 3.27. The molecule has 1 N–H and O–H groups in total. The molecule has 11 heteroatoms. The molecule has 1 aromatic carbocycles. The number of pyridine rings is 1. The van der Waals surface area contributed by atoms with Crippen LogP contribution in [-0.4, -0.2) is 52.1 Å². The average Bonchev–Trinajstić information content (AvgIpc) is 3.21. The maximum atomic E-state index is 14.7. The summed E-state index contributed by atoms with van der Waals surface area (Å²) >= 11 is 0. The SMILES string of the molecule is CN(Cc1cc(-c2ccccc2F)n(S(=O)(=O)c2cncc(/C=C/C(=O)O)c2)c1)C(=O)OC(C)(C)C. The average molecular weight is 516 g/mol. The number of hydrogen-bond donors (Lipinski definition) is 1. The van der Waals surface area contributed by atoms with Gasteiger partial charge in [0.05, 0.1) is 12.2 Å². The van der Waals surface area contributed by atoms with Crippen LogP contribution in [0.15, 0.2) is 66.0 Å². The standard InChI is InChI=1S/C25H26FN3O6S/c1-25(2,3)35-24(32)28(4)15-18-12-22(20-7-5-6-8-21(20)26)29(16-18)36(33,34)19-11-17(13-27-14-19)9-10-23(30)31/h5-14,16H,15H2,1-4H3,(H,30,31)/b10-9+. The monoisotopic (exact) mass is 515 g/mol. The molecule has 0 aliphatic rings. The predicted molar refractivity (Wildman–Crippen MR) is 131 cm³/mol. The number of carbonyl (C=O) groups excluding carboxylic acids is 1. The van der Waals surface area contributed by atoms with E-state index in [1.54, 1.807) is 26.8 Å². The fourth-order valence-corrected chi connectivity index (χ4v) is 4.66. The van der Waals surface area contributed by atoms with E-state index in [4.69, 9.17) is 9.84 Å². The molecule has 9 nitrogen and oxygen atoms in total. The minimum Gasteiger partial charge on any atom is -0.478 e. The predicted octanol–water partition coefficient (Wildman–Crippen LogP) is 4.39. The lowest BCUT2D eigenvalue weighted by atomic mass is 10.1. The van der Waals surface area contributed by atoms with Gasteiger partial charge in [-0.25, -0.2) is 26.4 Å². The van der Waals surface area contributed by atoms with E-state index >= 15 is 0 Å². The van der Waals surface area contributed by atoms with Crippen molar-refractivity contribution >= 4 is 28.2 Å². The summed E-state index contributed by atoms with van der Waals surface area (Å²) < 4.78 is 48.2. The van der Waals surface area contributed by atoms with Crippen molar-refractivity contribution in [1.29, 1.82) is 0 Å². The molecule has 2 aromatic heterocycles. The summed E-state index contributed by atoms with van der Waals surface area (Å²) in [5.74, 6) is -1.83. The zero-order chi connectivity index (χ0) is 26.7. The Labute approximate surface area is 208 Å². The number of ether oxygens (including phenoxy) is 1. The van der Waals surface area contributed by atoms with Crippen molar-refractivity contribution in [2.45, 2.75) is 37.8 Å². The first-order chi connectivity index (χ1) is 16.8. The number of aliphatic carboxylic acids is 1. The minimum absolute atomic E-state index is 0.00146. The Morgan fingerprint density at radius 1 is 1.19 bits per heavy atom. The van der Waals surface area contributed by atoms with Gasteiger partial charge in [-0.3, -0.25) is 4.98 Å². The zero-order valence-electron chi connectivity index (χ0n) is 20.2. The number of carbonyl (C=O) groups is 2. The Bertz CT molecular complexity index is 1420. The lowest BCUT2D eigenvalue weighted by molar-refractivity contribution is -0.131. The third-order valence-electron chi connectivity index (χ3n) is 4.83. The van der Waals surface area contributed by atoms with E-state index in [9.17, 15) is 22.4 Å². The zero-order valence-corrected chi connectivity index (χ0v) is 21.0. The van der Waals surface area contributed by atoms with Crippen LogP contribution in [0.3, 0.4) is 0 Å². The molecular formula is C25H26FN3O6S. The first kappa shape index (κ1) is 26.6. The van der Waals surface area contributed by atoms with E-state index in [0.717, 1.165) is 16.2 Å². The van der Waals surface area contributed by atoms with Crippen LogP contribution in [0.4, 0.5) is 9.18 Å². The Hall–Kier alpha value is -3.99. The van der Waals surface area contributed by atoms with Gasteiger partial charge >= 0.3 is 12.1 Å². The molecule has 0 aliphatic heterocycles. The van der Waals surface area contributed by atoms with E-state index in [2.05, 4.69) is 4.98 Å². The van der Waals surface area contributed by atoms with Crippen molar-refractivity contribution < 1.29 is 32.2 Å². The van der Waals surface area contributed by atoms with Crippen LogP contribution >= 0.6 is 0 Å². The second kappa shape index (κ2) is 10.3. The van der Waals surface area contributed by atoms with Gasteiger partial charge in [0.25, 0.3) is 10.0 Å². The molecule has 0 saturated carbocycles. The molecule has 0 spiro atoms. The number of hydrogen-bond acceptors (Lipinski definition) is 6. The summed E-state index contributed by atoms with van der Waals surface area (Å²) in [4.78, 5) is 28.2. The highest BCUT2D eigenvalue weighted by Crippen LogP contribution is 2.30. The Balaban J connectivity index is 2.08.